The van der Waals surface area contributed by atoms with Crippen LogP contribution in [0.1, 0.15) is 40.0 Å². The van der Waals surface area contributed by atoms with Crippen LogP contribution in [0.15, 0.2) is 36.5 Å². The van der Waals surface area contributed by atoms with Gasteiger partial charge in [0.1, 0.15) is 12.4 Å². The van der Waals surface area contributed by atoms with Gasteiger partial charge in [0.15, 0.2) is 0 Å². The van der Waals surface area contributed by atoms with Crippen LogP contribution in [0.25, 0.3) is 0 Å². The van der Waals surface area contributed by atoms with Gasteiger partial charge in [-0.25, -0.2) is 0 Å². The number of hydrogen-bond donors (Lipinski definition) is 1. The number of carbonyl (C=O) groups excluding carboxylic acids is 2. The highest BCUT2D eigenvalue weighted by Gasteiger charge is 2.36. The first kappa shape index (κ1) is 20.9. The number of rotatable bonds is 6. The summed E-state index contributed by atoms with van der Waals surface area (Å²) >= 11 is 0. The lowest BCUT2D eigenvalue weighted by atomic mass is 10.1. The summed E-state index contributed by atoms with van der Waals surface area (Å²) in [5, 5.41) is 2.87. The van der Waals surface area contributed by atoms with Crippen molar-refractivity contribution < 1.29 is 19.1 Å². The normalized spacial score (nSPS) is 21.4. The quantitative estimate of drug-likeness (QED) is 0.743. The number of carbonyl (C=O) groups is 2. The van der Waals surface area contributed by atoms with Gasteiger partial charge < -0.3 is 19.7 Å². The minimum Gasteiger partial charge on any atom is -0.487 e. The van der Waals surface area contributed by atoms with Crippen LogP contribution in [0.2, 0.25) is 0 Å². The Bertz CT molecular complexity index is 978. The zero-order valence-corrected chi connectivity index (χ0v) is 18.1. The minimum absolute atomic E-state index is 0.0113. The molecule has 8 nitrogen and oxygen atoms in total. The van der Waals surface area contributed by atoms with E-state index in [2.05, 4.69) is 21.3 Å². The van der Waals surface area contributed by atoms with Crippen LogP contribution < -0.4 is 10.1 Å². The van der Waals surface area contributed by atoms with Crippen LogP contribution in [0.5, 0.6) is 5.75 Å². The number of morpholine rings is 1. The van der Waals surface area contributed by atoms with E-state index in [-0.39, 0.29) is 17.9 Å². The second-order valence-corrected chi connectivity index (χ2v) is 8.55. The van der Waals surface area contributed by atoms with Gasteiger partial charge in [-0.2, -0.15) is 0 Å². The van der Waals surface area contributed by atoms with Crippen molar-refractivity contribution in [3.63, 3.8) is 0 Å². The first-order chi connectivity index (χ1) is 15.7. The van der Waals surface area contributed by atoms with E-state index < -0.39 is 0 Å². The summed E-state index contributed by atoms with van der Waals surface area (Å²) in [6.45, 7) is 5.73. The van der Waals surface area contributed by atoms with Gasteiger partial charge in [-0.05, 0) is 30.2 Å². The topological polar surface area (TPSA) is 84.0 Å². The van der Waals surface area contributed by atoms with Gasteiger partial charge in [0.25, 0.3) is 5.91 Å². The van der Waals surface area contributed by atoms with E-state index in [4.69, 9.17) is 9.47 Å². The zero-order valence-electron chi connectivity index (χ0n) is 18.1. The van der Waals surface area contributed by atoms with E-state index in [1.807, 2.05) is 35.4 Å². The molecule has 2 amide bonds. The molecule has 32 heavy (non-hydrogen) atoms. The SMILES string of the molecule is O=C1CCC(N2Cc3c(OCc4ccc(CN5CCOCC5)cn4)cccc3C2=O)CN1. The van der Waals surface area contributed by atoms with Gasteiger partial charge in [-0.1, -0.05) is 12.1 Å². The van der Waals surface area contributed by atoms with E-state index in [9.17, 15) is 9.59 Å². The maximum Gasteiger partial charge on any atom is 0.254 e. The number of benzene rings is 1. The average molecular weight is 437 g/mol. The van der Waals surface area contributed by atoms with Crippen molar-refractivity contribution >= 4 is 11.8 Å². The van der Waals surface area contributed by atoms with Crippen LogP contribution in [0.4, 0.5) is 0 Å². The van der Waals surface area contributed by atoms with Crippen LogP contribution in [0.3, 0.4) is 0 Å². The Hall–Kier alpha value is -2.97. The first-order valence-electron chi connectivity index (χ1n) is 11.2. The van der Waals surface area contributed by atoms with Gasteiger partial charge >= 0.3 is 0 Å². The number of piperidine rings is 1. The van der Waals surface area contributed by atoms with Crippen molar-refractivity contribution in [3.05, 3.63) is 58.9 Å². The lowest BCUT2D eigenvalue weighted by molar-refractivity contribution is -0.123. The number of aromatic nitrogens is 1. The molecule has 4 heterocycles. The van der Waals surface area contributed by atoms with Crippen molar-refractivity contribution in [2.45, 2.75) is 38.6 Å². The predicted molar refractivity (Wildman–Crippen MR) is 117 cm³/mol. The van der Waals surface area contributed by atoms with E-state index in [0.29, 0.717) is 38.1 Å². The highest BCUT2D eigenvalue weighted by atomic mass is 16.5. The fourth-order valence-corrected chi connectivity index (χ4v) is 4.55. The standard InChI is InChI=1S/C24H28N4O4/c29-23-7-6-19(13-26-23)28-15-21-20(24(28)30)2-1-3-22(21)32-16-18-5-4-17(12-25-18)14-27-8-10-31-11-9-27/h1-5,12,19H,6-11,13-16H2,(H,26,29). The van der Waals surface area contributed by atoms with Crippen molar-refractivity contribution in [3.8, 4) is 5.75 Å². The van der Waals surface area contributed by atoms with E-state index >= 15 is 0 Å². The lowest BCUT2D eigenvalue weighted by Gasteiger charge is -2.31. The number of nitrogens with one attached hydrogen (secondary N) is 1. The highest BCUT2D eigenvalue weighted by Crippen LogP contribution is 2.33. The molecule has 0 saturated carbocycles. The molecule has 0 radical (unpaired) electrons. The van der Waals surface area contributed by atoms with Gasteiger partial charge in [0.05, 0.1) is 31.5 Å². The zero-order chi connectivity index (χ0) is 21.9. The number of fused-ring (bicyclic) bond motifs is 1. The lowest BCUT2D eigenvalue weighted by Crippen LogP contribution is -2.48. The summed E-state index contributed by atoms with van der Waals surface area (Å²) in [5.41, 5.74) is 3.63. The Kier molecular flexibility index (Phi) is 6.05. The van der Waals surface area contributed by atoms with Gasteiger partial charge in [-0.3, -0.25) is 19.5 Å². The third-order valence-electron chi connectivity index (χ3n) is 6.40. The Balaban J connectivity index is 1.21. The van der Waals surface area contributed by atoms with Gasteiger partial charge in [0, 0.05) is 49.9 Å². The molecule has 1 aromatic carbocycles. The van der Waals surface area contributed by atoms with Crippen molar-refractivity contribution in [2.75, 3.05) is 32.8 Å². The van der Waals surface area contributed by atoms with Gasteiger partial charge in [-0.15, -0.1) is 0 Å². The summed E-state index contributed by atoms with van der Waals surface area (Å²) in [6, 6.07) is 9.74. The molecule has 1 N–H and O–H groups in total. The number of amides is 2. The molecular weight excluding hydrogens is 408 g/mol. The molecular formula is C24H28N4O4. The molecule has 2 aromatic rings. The summed E-state index contributed by atoms with van der Waals surface area (Å²) in [6.07, 6.45) is 3.07. The minimum atomic E-state index is 0.0113. The first-order valence-corrected chi connectivity index (χ1v) is 11.2. The Morgan fingerprint density at radius 1 is 1.16 bits per heavy atom. The molecule has 0 spiro atoms. The third-order valence-corrected chi connectivity index (χ3v) is 6.40. The monoisotopic (exact) mass is 436 g/mol. The smallest absolute Gasteiger partial charge is 0.254 e. The summed E-state index contributed by atoms with van der Waals surface area (Å²) < 4.78 is 11.5. The van der Waals surface area contributed by atoms with E-state index in [1.165, 1.54) is 5.56 Å². The molecule has 3 aliphatic rings. The Morgan fingerprint density at radius 3 is 2.78 bits per heavy atom. The average Bonchev–Trinajstić information content (AvgIpc) is 3.17. The molecule has 8 heteroatoms. The second-order valence-electron chi connectivity index (χ2n) is 8.55. The molecule has 1 atom stereocenters. The summed E-state index contributed by atoms with van der Waals surface area (Å²) in [7, 11) is 0. The number of hydrogen-bond acceptors (Lipinski definition) is 6. The molecule has 1 unspecified atom stereocenters. The molecule has 1 aromatic heterocycles. The largest absolute Gasteiger partial charge is 0.487 e. The highest BCUT2D eigenvalue weighted by molar-refractivity contribution is 5.99. The van der Waals surface area contributed by atoms with E-state index in [0.717, 1.165) is 49.9 Å². The number of ether oxygens (including phenoxy) is 2. The fraction of sp³-hybridized carbons (Fsp3) is 0.458. The predicted octanol–water partition coefficient (Wildman–Crippen LogP) is 1.73. The van der Waals surface area contributed by atoms with Crippen LogP contribution >= 0.6 is 0 Å². The Morgan fingerprint density at radius 2 is 2.03 bits per heavy atom. The number of nitrogens with zero attached hydrogens (tertiary/aromatic N) is 3. The molecule has 3 aliphatic heterocycles. The molecule has 5 rings (SSSR count). The van der Waals surface area contributed by atoms with Crippen LogP contribution in [-0.4, -0.2) is 65.5 Å². The molecule has 168 valence electrons. The van der Waals surface area contributed by atoms with Crippen LogP contribution in [0, 0.1) is 0 Å². The maximum atomic E-state index is 12.9. The number of pyridine rings is 1. The second kappa shape index (κ2) is 9.26. The molecule has 2 fully saturated rings. The Labute approximate surface area is 187 Å². The van der Waals surface area contributed by atoms with Crippen molar-refractivity contribution in [1.82, 2.24) is 20.1 Å². The summed E-state index contributed by atoms with van der Waals surface area (Å²) in [5.74, 6) is 0.785. The maximum absolute atomic E-state index is 12.9. The van der Waals surface area contributed by atoms with Crippen molar-refractivity contribution in [2.24, 2.45) is 0 Å². The van der Waals surface area contributed by atoms with Crippen LogP contribution in [-0.2, 0) is 29.2 Å². The van der Waals surface area contributed by atoms with Crippen molar-refractivity contribution in [1.29, 1.82) is 0 Å². The van der Waals surface area contributed by atoms with E-state index in [1.54, 1.807) is 0 Å². The molecule has 0 aliphatic carbocycles. The molecule has 0 bridgehead atoms. The van der Waals surface area contributed by atoms with Gasteiger partial charge in [0.2, 0.25) is 5.91 Å². The molecule has 2 saturated heterocycles. The summed E-state index contributed by atoms with van der Waals surface area (Å²) in [4.78, 5) is 33.2. The fourth-order valence-electron chi connectivity index (χ4n) is 4.55. The third kappa shape index (κ3) is 4.47.